The molecule has 0 saturated heterocycles. The number of amides is 1. The Labute approximate surface area is 109 Å². The van der Waals surface area contributed by atoms with Gasteiger partial charge in [-0.25, -0.2) is 4.39 Å². The van der Waals surface area contributed by atoms with Crippen LogP contribution in [0.3, 0.4) is 0 Å². The van der Waals surface area contributed by atoms with E-state index in [1.807, 2.05) is 0 Å². The molecular weight excluding hydrogens is 251 g/mol. The maximum absolute atomic E-state index is 13.8. The van der Waals surface area contributed by atoms with Gasteiger partial charge in [-0.1, -0.05) is 6.42 Å². The molecular formula is C13H15FN2O3. The van der Waals surface area contributed by atoms with Gasteiger partial charge in [0.1, 0.15) is 5.82 Å². The highest BCUT2D eigenvalue weighted by molar-refractivity contribution is 5.93. The summed E-state index contributed by atoms with van der Waals surface area (Å²) in [5.41, 5.74) is 5.34. The third kappa shape index (κ3) is 2.83. The number of carbonyl (C=O) groups excluding carboxylic acids is 1. The van der Waals surface area contributed by atoms with Crippen LogP contribution in [0.15, 0.2) is 18.2 Å². The number of anilines is 1. The lowest BCUT2D eigenvalue weighted by Crippen LogP contribution is -2.30. The first-order chi connectivity index (χ1) is 8.99. The van der Waals surface area contributed by atoms with E-state index in [1.165, 1.54) is 12.1 Å². The molecule has 2 atom stereocenters. The lowest BCUT2D eigenvalue weighted by atomic mass is 10.0. The van der Waals surface area contributed by atoms with Crippen molar-refractivity contribution in [3.05, 3.63) is 29.6 Å². The number of carboxylic acids is 1. The molecule has 6 heteroatoms. The van der Waals surface area contributed by atoms with E-state index in [-0.39, 0.29) is 17.3 Å². The van der Waals surface area contributed by atoms with Crippen LogP contribution in [-0.2, 0) is 4.79 Å². The van der Waals surface area contributed by atoms with Gasteiger partial charge < -0.3 is 16.2 Å². The molecule has 4 N–H and O–H groups in total. The number of carbonyl (C=O) groups is 2. The van der Waals surface area contributed by atoms with Gasteiger partial charge in [0, 0.05) is 11.6 Å². The van der Waals surface area contributed by atoms with Gasteiger partial charge >= 0.3 is 5.97 Å². The van der Waals surface area contributed by atoms with Gasteiger partial charge in [0.05, 0.1) is 11.6 Å². The largest absolute Gasteiger partial charge is 0.481 e. The number of primary amides is 1. The predicted molar refractivity (Wildman–Crippen MR) is 67.3 cm³/mol. The summed E-state index contributed by atoms with van der Waals surface area (Å²) in [5, 5.41) is 12.0. The average molecular weight is 266 g/mol. The standard InChI is InChI=1S/C13H15FN2O3/c14-9-6-7(12(15)17)4-5-11(9)16-10-3-1-2-8(10)13(18)19/h4-6,8,10,16H,1-3H2,(H2,15,17)(H,18,19). The molecule has 1 aromatic rings. The van der Waals surface area contributed by atoms with Crippen molar-refractivity contribution in [2.75, 3.05) is 5.32 Å². The molecule has 1 saturated carbocycles. The number of benzene rings is 1. The molecule has 1 aromatic carbocycles. The highest BCUT2D eigenvalue weighted by atomic mass is 19.1. The summed E-state index contributed by atoms with van der Waals surface area (Å²) < 4.78 is 13.8. The number of nitrogens with one attached hydrogen (secondary N) is 1. The maximum Gasteiger partial charge on any atom is 0.308 e. The Morgan fingerprint density at radius 1 is 1.37 bits per heavy atom. The van der Waals surface area contributed by atoms with Crippen LogP contribution in [0.1, 0.15) is 29.6 Å². The van der Waals surface area contributed by atoms with E-state index < -0.39 is 23.6 Å². The minimum absolute atomic E-state index is 0.0873. The first-order valence-electron chi connectivity index (χ1n) is 6.07. The van der Waals surface area contributed by atoms with Crippen LogP contribution in [0.2, 0.25) is 0 Å². The van der Waals surface area contributed by atoms with E-state index >= 15 is 0 Å². The molecule has 1 aliphatic carbocycles. The fourth-order valence-electron chi connectivity index (χ4n) is 2.41. The highest BCUT2D eigenvalue weighted by Crippen LogP contribution is 2.29. The minimum Gasteiger partial charge on any atom is -0.481 e. The van der Waals surface area contributed by atoms with E-state index in [0.717, 1.165) is 12.5 Å². The molecule has 0 bridgehead atoms. The molecule has 1 aliphatic rings. The van der Waals surface area contributed by atoms with Crippen molar-refractivity contribution in [2.45, 2.75) is 25.3 Å². The molecule has 0 spiro atoms. The molecule has 1 fully saturated rings. The van der Waals surface area contributed by atoms with Crippen LogP contribution in [-0.4, -0.2) is 23.0 Å². The lowest BCUT2D eigenvalue weighted by molar-refractivity contribution is -0.141. The summed E-state index contributed by atoms with van der Waals surface area (Å²) in [6, 6.07) is 3.59. The SMILES string of the molecule is NC(=O)c1ccc(NC2CCCC2C(=O)O)c(F)c1. The second kappa shape index (κ2) is 5.26. The topological polar surface area (TPSA) is 92.4 Å². The van der Waals surface area contributed by atoms with Gasteiger partial charge in [0.15, 0.2) is 0 Å². The van der Waals surface area contributed by atoms with Crippen LogP contribution < -0.4 is 11.1 Å². The zero-order chi connectivity index (χ0) is 14.0. The van der Waals surface area contributed by atoms with Crippen molar-refractivity contribution >= 4 is 17.6 Å². The van der Waals surface area contributed by atoms with Crippen molar-refractivity contribution in [3.8, 4) is 0 Å². The molecule has 102 valence electrons. The Morgan fingerprint density at radius 2 is 2.11 bits per heavy atom. The van der Waals surface area contributed by atoms with Crippen molar-refractivity contribution in [1.82, 2.24) is 0 Å². The Balaban J connectivity index is 2.15. The highest BCUT2D eigenvalue weighted by Gasteiger charge is 2.33. The second-order valence-corrected chi connectivity index (χ2v) is 4.69. The fraction of sp³-hybridized carbons (Fsp3) is 0.385. The first-order valence-corrected chi connectivity index (χ1v) is 6.07. The van der Waals surface area contributed by atoms with Crippen LogP contribution in [0.4, 0.5) is 10.1 Å². The zero-order valence-corrected chi connectivity index (χ0v) is 10.2. The van der Waals surface area contributed by atoms with E-state index in [4.69, 9.17) is 10.8 Å². The van der Waals surface area contributed by atoms with Crippen LogP contribution in [0, 0.1) is 11.7 Å². The average Bonchev–Trinajstić information content (AvgIpc) is 2.79. The summed E-state index contributed by atoms with van der Waals surface area (Å²) in [5.74, 6) is -2.68. The number of nitrogens with two attached hydrogens (primary N) is 1. The number of rotatable bonds is 4. The van der Waals surface area contributed by atoms with Gasteiger partial charge in [-0.2, -0.15) is 0 Å². The number of aliphatic carboxylic acids is 1. The molecule has 19 heavy (non-hydrogen) atoms. The fourth-order valence-corrected chi connectivity index (χ4v) is 2.41. The van der Waals surface area contributed by atoms with Crippen LogP contribution in [0.5, 0.6) is 0 Å². The summed E-state index contributed by atoms with van der Waals surface area (Å²) in [4.78, 5) is 21.9. The third-order valence-corrected chi connectivity index (χ3v) is 3.43. The van der Waals surface area contributed by atoms with Gasteiger partial charge in [-0.3, -0.25) is 9.59 Å². The number of hydrogen-bond acceptors (Lipinski definition) is 3. The van der Waals surface area contributed by atoms with Crippen molar-refractivity contribution in [3.63, 3.8) is 0 Å². The summed E-state index contributed by atoms with van der Waals surface area (Å²) in [6.07, 6.45) is 2.08. The quantitative estimate of drug-likeness (QED) is 0.771. The third-order valence-electron chi connectivity index (χ3n) is 3.43. The van der Waals surface area contributed by atoms with Gasteiger partial charge in [0.25, 0.3) is 0 Å². The Hall–Kier alpha value is -2.11. The minimum atomic E-state index is -0.871. The van der Waals surface area contributed by atoms with E-state index in [0.29, 0.717) is 12.8 Å². The number of carboxylic acid groups (broad SMARTS) is 1. The molecule has 5 nitrogen and oxygen atoms in total. The molecule has 0 aromatic heterocycles. The van der Waals surface area contributed by atoms with Crippen LogP contribution in [0.25, 0.3) is 0 Å². The summed E-state index contributed by atoms with van der Waals surface area (Å²) >= 11 is 0. The molecule has 0 aliphatic heterocycles. The van der Waals surface area contributed by atoms with Gasteiger partial charge in [0.2, 0.25) is 5.91 Å². The molecule has 1 amide bonds. The molecule has 0 heterocycles. The van der Waals surface area contributed by atoms with E-state index in [2.05, 4.69) is 5.32 Å². The lowest BCUT2D eigenvalue weighted by Gasteiger charge is -2.19. The maximum atomic E-state index is 13.8. The first kappa shape index (κ1) is 13.3. The Kier molecular flexibility index (Phi) is 3.69. The van der Waals surface area contributed by atoms with Gasteiger partial charge in [-0.15, -0.1) is 0 Å². The van der Waals surface area contributed by atoms with Gasteiger partial charge in [-0.05, 0) is 31.0 Å². The number of hydrogen-bond donors (Lipinski definition) is 3. The molecule has 2 unspecified atom stereocenters. The Morgan fingerprint density at radius 3 is 2.68 bits per heavy atom. The molecule has 2 rings (SSSR count). The summed E-state index contributed by atoms with van der Waals surface area (Å²) in [7, 11) is 0. The van der Waals surface area contributed by atoms with E-state index in [1.54, 1.807) is 0 Å². The van der Waals surface area contributed by atoms with Crippen molar-refractivity contribution < 1.29 is 19.1 Å². The van der Waals surface area contributed by atoms with Crippen molar-refractivity contribution in [2.24, 2.45) is 11.7 Å². The van der Waals surface area contributed by atoms with Crippen molar-refractivity contribution in [1.29, 1.82) is 0 Å². The molecule has 0 radical (unpaired) electrons. The predicted octanol–water partition coefficient (Wildman–Crippen LogP) is 1.59. The monoisotopic (exact) mass is 266 g/mol. The Bertz CT molecular complexity index is 519. The normalized spacial score (nSPS) is 22.2. The zero-order valence-electron chi connectivity index (χ0n) is 10.2. The smallest absolute Gasteiger partial charge is 0.308 e. The van der Waals surface area contributed by atoms with Crippen LogP contribution >= 0.6 is 0 Å². The number of halogens is 1. The van der Waals surface area contributed by atoms with E-state index in [9.17, 15) is 14.0 Å². The summed E-state index contributed by atoms with van der Waals surface area (Å²) in [6.45, 7) is 0. The second-order valence-electron chi connectivity index (χ2n) is 4.69.